The third-order valence-corrected chi connectivity index (χ3v) is 6.06. The third kappa shape index (κ3) is 6.85. The molecule has 11 heteroatoms. The molecule has 0 aliphatic carbocycles. The number of nitro groups is 1. The highest BCUT2D eigenvalue weighted by atomic mass is 32.2. The summed E-state index contributed by atoms with van der Waals surface area (Å²) in [7, 11) is 0. The van der Waals surface area contributed by atoms with E-state index in [0.29, 0.717) is 35.7 Å². The van der Waals surface area contributed by atoms with E-state index in [0.717, 1.165) is 16.7 Å². The summed E-state index contributed by atoms with van der Waals surface area (Å²) >= 11 is 0.742. The Morgan fingerprint density at radius 1 is 1.14 bits per heavy atom. The fourth-order valence-electron chi connectivity index (χ4n) is 3.18. The number of rotatable bonds is 11. The molecule has 1 saturated heterocycles. The quantitative estimate of drug-likeness (QED) is 0.177. The molecule has 3 rings (SSSR count). The SMILES string of the molecule is CCOc1cc(/C=C2/SC(=O)N(CC(=O)O[C@H](C)CC)C2=O)ccc1OCc1cccc([N+](=O)[O-])c1. The first kappa shape index (κ1) is 26.7. The average Bonchev–Trinajstić information content (AvgIpc) is 3.11. The molecule has 0 spiro atoms. The average molecular weight is 515 g/mol. The van der Waals surface area contributed by atoms with Crippen LogP contribution in [0.25, 0.3) is 6.08 Å². The van der Waals surface area contributed by atoms with Gasteiger partial charge in [0.05, 0.1) is 22.5 Å². The zero-order valence-corrected chi connectivity index (χ0v) is 20.9. The molecule has 0 unspecified atom stereocenters. The fraction of sp³-hybridized carbons (Fsp3) is 0.320. The summed E-state index contributed by atoms with van der Waals surface area (Å²) < 4.78 is 16.7. The summed E-state index contributed by atoms with van der Waals surface area (Å²) in [4.78, 5) is 48.6. The van der Waals surface area contributed by atoms with E-state index in [1.165, 1.54) is 18.2 Å². The number of benzene rings is 2. The molecule has 0 bridgehead atoms. The van der Waals surface area contributed by atoms with Gasteiger partial charge in [-0.2, -0.15) is 0 Å². The van der Waals surface area contributed by atoms with Gasteiger partial charge in [0.2, 0.25) is 0 Å². The predicted molar refractivity (Wildman–Crippen MR) is 134 cm³/mol. The first-order valence-electron chi connectivity index (χ1n) is 11.3. The molecule has 0 saturated carbocycles. The van der Waals surface area contributed by atoms with Gasteiger partial charge < -0.3 is 14.2 Å². The number of nitro benzene ring substituents is 1. The monoisotopic (exact) mass is 514 g/mol. The Morgan fingerprint density at radius 2 is 1.92 bits per heavy atom. The zero-order valence-electron chi connectivity index (χ0n) is 20.1. The summed E-state index contributed by atoms with van der Waals surface area (Å²) in [5, 5.41) is 10.4. The highest BCUT2D eigenvalue weighted by Gasteiger charge is 2.36. The molecule has 2 amide bonds. The Bertz CT molecular complexity index is 1200. The molecule has 2 aromatic rings. The van der Waals surface area contributed by atoms with Crippen molar-refractivity contribution in [1.82, 2.24) is 4.90 Å². The molecular formula is C25H26N2O8S. The summed E-state index contributed by atoms with van der Waals surface area (Å²) in [6.45, 7) is 5.40. The van der Waals surface area contributed by atoms with Gasteiger partial charge in [-0.05, 0) is 61.4 Å². The zero-order chi connectivity index (χ0) is 26.2. The van der Waals surface area contributed by atoms with Gasteiger partial charge in [0.25, 0.3) is 16.8 Å². The number of esters is 1. The first-order valence-corrected chi connectivity index (χ1v) is 12.1. The molecule has 1 atom stereocenters. The predicted octanol–water partition coefficient (Wildman–Crippen LogP) is 4.95. The Kier molecular flexibility index (Phi) is 9.07. The molecule has 1 aliphatic rings. The molecule has 10 nitrogen and oxygen atoms in total. The summed E-state index contributed by atoms with van der Waals surface area (Å²) in [6, 6.07) is 11.1. The lowest BCUT2D eigenvalue weighted by molar-refractivity contribution is -0.384. The number of carbonyl (C=O) groups is 3. The molecule has 1 aliphatic heterocycles. The van der Waals surface area contributed by atoms with E-state index in [4.69, 9.17) is 14.2 Å². The minimum atomic E-state index is -0.642. The number of non-ortho nitro benzene ring substituents is 1. The molecule has 1 fully saturated rings. The fourth-order valence-corrected chi connectivity index (χ4v) is 4.02. The third-order valence-electron chi connectivity index (χ3n) is 5.15. The van der Waals surface area contributed by atoms with Crippen molar-refractivity contribution in [3.8, 4) is 11.5 Å². The van der Waals surface area contributed by atoms with E-state index in [9.17, 15) is 24.5 Å². The van der Waals surface area contributed by atoms with Crippen molar-refractivity contribution < 1.29 is 33.5 Å². The van der Waals surface area contributed by atoms with Crippen molar-refractivity contribution in [2.24, 2.45) is 0 Å². The number of ether oxygens (including phenoxy) is 3. The van der Waals surface area contributed by atoms with Gasteiger partial charge in [0.1, 0.15) is 13.2 Å². The smallest absolute Gasteiger partial charge is 0.326 e. The lowest BCUT2D eigenvalue weighted by Crippen LogP contribution is -2.35. The van der Waals surface area contributed by atoms with Crippen LogP contribution in [-0.4, -0.2) is 46.2 Å². The summed E-state index contributed by atoms with van der Waals surface area (Å²) in [5.41, 5.74) is 1.18. The number of hydrogen-bond donors (Lipinski definition) is 0. The summed E-state index contributed by atoms with van der Waals surface area (Å²) in [5.74, 6) is -0.388. The Hall–Kier alpha value is -3.86. The van der Waals surface area contributed by atoms with Crippen molar-refractivity contribution in [3.63, 3.8) is 0 Å². The van der Waals surface area contributed by atoms with Crippen molar-refractivity contribution in [2.75, 3.05) is 13.2 Å². The Balaban J connectivity index is 1.73. The highest BCUT2D eigenvalue weighted by molar-refractivity contribution is 8.18. The van der Waals surface area contributed by atoms with E-state index in [2.05, 4.69) is 0 Å². The topological polar surface area (TPSA) is 125 Å². The van der Waals surface area contributed by atoms with Crippen LogP contribution in [-0.2, 0) is 20.9 Å². The van der Waals surface area contributed by atoms with E-state index in [-0.39, 0.29) is 23.3 Å². The maximum absolute atomic E-state index is 12.7. The summed E-state index contributed by atoms with van der Waals surface area (Å²) in [6.07, 6.45) is 1.86. The number of nitrogens with zero attached hydrogens (tertiary/aromatic N) is 2. The lowest BCUT2D eigenvalue weighted by Gasteiger charge is -2.15. The Morgan fingerprint density at radius 3 is 2.61 bits per heavy atom. The van der Waals surface area contributed by atoms with Crippen molar-refractivity contribution in [2.45, 2.75) is 39.9 Å². The molecular weight excluding hydrogens is 488 g/mol. The van der Waals surface area contributed by atoms with E-state index in [1.807, 2.05) is 6.92 Å². The second kappa shape index (κ2) is 12.2. The number of hydrogen-bond acceptors (Lipinski definition) is 9. The van der Waals surface area contributed by atoms with Gasteiger partial charge in [-0.15, -0.1) is 0 Å². The Labute approximate surface area is 212 Å². The second-order valence-electron chi connectivity index (χ2n) is 7.83. The lowest BCUT2D eigenvalue weighted by atomic mass is 10.1. The van der Waals surface area contributed by atoms with Crippen LogP contribution in [0.4, 0.5) is 10.5 Å². The normalized spacial score (nSPS) is 15.2. The van der Waals surface area contributed by atoms with Crippen LogP contribution in [0.3, 0.4) is 0 Å². The molecule has 1 heterocycles. The number of imide groups is 1. The van der Waals surface area contributed by atoms with E-state index < -0.39 is 28.6 Å². The standard InChI is InChI=1S/C25H26N2O8S/c1-4-16(3)35-23(28)14-26-24(29)22(36-25(26)30)13-17-9-10-20(21(12-17)33-5-2)34-15-18-7-6-8-19(11-18)27(31)32/h6-13,16H,4-5,14-15H2,1-3H3/b22-13+/t16-/m1/s1. The maximum atomic E-state index is 12.7. The van der Waals surface area contributed by atoms with Crippen molar-refractivity contribution in [1.29, 1.82) is 0 Å². The number of carbonyl (C=O) groups excluding carboxylic acids is 3. The van der Waals surface area contributed by atoms with Crippen LogP contribution in [0.15, 0.2) is 47.4 Å². The first-order chi connectivity index (χ1) is 17.2. The number of amides is 2. The second-order valence-corrected chi connectivity index (χ2v) is 8.82. The van der Waals surface area contributed by atoms with Gasteiger partial charge >= 0.3 is 5.97 Å². The molecule has 190 valence electrons. The van der Waals surface area contributed by atoms with Gasteiger partial charge in [0, 0.05) is 12.1 Å². The van der Waals surface area contributed by atoms with Crippen molar-refractivity contribution in [3.05, 3.63) is 68.6 Å². The van der Waals surface area contributed by atoms with Gasteiger partial charge in [-0.3, -0.25) is 29.4 Å². The van der Waals surface area contributed by atoms with Crippen LogP contribution < -0.4 is 9.47 Å². The molecule has 0 aromatic heterocycles. The molecule has 0 radical (unpaired) electrons. The van der Waals surface area contributed by atoms with Crippen LogP contribution in [0, 0.1) is 10.1 Å². The van der Waals surface area contributed by atoms with Crippen LogP contribution in [0.5, 0.6) is 11.5 Å². The van der Waals surface area contributed by atoms with Gasteiger partial charge in [-0.1, -0.05) is 25.1 Å². The van der Waals surface area contributed by atoms with Crippen LogP contribution in [0.1, 0.15) is 38.3 Å². The minimum absolute atomic E-state index is 0.0291. The molecule has 36 heavy (non-hydrogen) atoms. The van der Waals surface area contributed by atoms with Gasteiger partial charge in [0.15, 0.2) is 11.5 Å². The molecule has 2 aromatic carbocycles. The largest absolute Gasteiger partial charge is 0.490 e. The van der Waals surface area contributed by atoms with Gasteiger partial charge in [-0.25, -0.2) is 0 Å². The number of thioether (sulfide) groups is 1. The van der Waals surface area contributed by atoms with Crippen LogP contribution >= 0.6 is 11.8 Å². The highest BCUT2D eigenvalue weighted by Crippen LogP contribution is 2.35. The van der Waals surface area contributed by atoms with E-state index in [1.54, 1.807) is 44.2 Å². The van der Waals surface area contributed by atoms with E-state index >= 15 is 0 Å². The minimum Gasteiger partial charge on any atom is -0.490 e. The van der Waals surface area contributed by atoms with Crippen LogP contribution in [0.2, 0.25) is 0 Å². The van der Waals surface area contributed by atoms with Crippen molar-refractivity contribution >= 4 is 40.6 Å². The maximum Gasteiger partial charge on any atom is 0.326 e. The molecule has 0 N–H and O–H groups in total.